The first kappa shape index (κ1) is 16.2. The minimum absolute atomic E-state index is 0.0245. The topological polar surface area (TPSA) is 55.4 Å². The average Bonchev–Trinajstić information content (AvgIpc) is 2.37. The Balaban J connectivity index is 2.49. The van der Waals surface area contributed by atoms with Crippen LogP contribution in [0.2, 0.25) is 0 Å². The molecule has 1 amide bonds. The van der Waals surface area contributed by atoms with E-state index < -0.39 is 0 Å². The summed E-state index contributed by atoms with van der Waals surface area (Å²) in [5, 5.41) is 2.90. The quantitative estimate of drug-likeness (QED) is 0.842. The summed E-state index contributed by atoms with van der Waals surface area (Å²) < 4.78 is 5.25. The molecule has 1 aromatic rings. The number of ether oxygens (including phenoxy) is 1. The third-order valence-electron chi connectivity index (χ3n) is 3.07. The van der Waals surface area contributed by atoms with Crippen LogP contribution in [0, 0.1) is 5.41 Å². The smallest absolute Gasteiger partial charge is 0.338 e. The molecule has 0 saturated heterocycles. The maximum Gasteiger partial charge on any atom is 0.338 e. The Morgan fingerprint density at radius 1 is 1.20 bits per heavy atom. The molecule has 4 heteroatoms. The Labute approximate surface area is 120 Å². The van der Waals surface area contributed by atoms with Gasteiger partial charge in [0.2, 0.25) is 5.91 Å². The predicted molar refractivity (Wildman–Crippen MR) is 78.4 cm³/mol. The normalized spacial score (nSPS) is 12.6. The Bertz CT molecular complexity index is 449. The Hall–Kier alpha value is -1.84. The van der Waals surface area contributed by atoms with E-state index >= 15 is 0 Å². The molecule has 20 heavy (non-hydrogen) atoms. The van der Waals surface area contributed by atoms with Crippen LogP contribution in [0.5, 0.6) is 0 Å². The number of carbonyl (C=O) groups excluding carboxylic acids is 2. The summed E-state index contributed by atoms with van der Waals surface area (Å²) >= 11 is 0. The van der Waals surface area contributed by atoms with Gasteiger partial charge in [0.15, 0.2) is 0 Å². The number of rotatable bonds is 5. The fourth-order valence-electron chi connectivity index (χ4n) is 1.89. The highest BCUT2D eigenvalue weighted by Crippen LogP contribution is 2.22. The molecule has 0 saturated carbocycles. The molecule has 0 heterocycles. The SMILES string of the molecule is CC(=O)N[C@@H](CCOC(=O)c1ccccc1)C(C)(C)C. The molecule has 0 aliphatic rings. The summed E-state index contributed by atoms with van der Waals surface area (Å²) in [7, 11) is 0. The minimum atomic E-state index is -0.332. The standard InChI is InChI=1S/C16H23NO3/c1-12(18)17-14(16(2,3)4)10-11-20-15(19)13-8-6-5-7-9-13/h5-9,14H,10-11H2,1-4H3,(H,17,18)/t14-/m0/s1. The van der Waals surface area contributed by atoms with Crippen LogP contribution in [0.3, 0.4) is 0 Å². The second kappa shape index (κ2) is 7.08. The lowest BCUT2D eigenvalue weighted by atomic mass is 9.85. The average molecular weight is 277 g/mol. The molecule has 4 nitrogen and oxygen atoms in total. The number of hydrogen-bond acceptors (Lipinski definition) is 3. The predicted octanol–water partition coefficient (Wildman–Crippen LogP) is 2.78. The zero-order valence-electron chi connectivity index (χ0n) is 12.6. The van der Waals surface area contributed by atoms with Crippen LogP contribution in [-0.2, 0) is 9.53 Å². The van der Waals surface area contributed by atoms with Crippen LogP contribution >= 0.6 is 0 Å². The lowest BCUT2D eigenvalue weighted by Gasteiger charge is -2.31. The zero-order chi connectivity index (χ0) is 15.2. The van der Waals surface area contributed by atoms with Gasteiger partial charge < -0.3 is 10.1 Å². The van der Waals surface area contributed by atoms with Gasteiger partial charge in [0.05, 0.1) is 12.2 Å². The first-order valence-electron chi connectivity index (χ1n) is 6.80. The van der Waals surface area contributed by atoms with Crippen molar-refractivity contribution in [3.05, 3.63) is 35.9 Å². The van der Waals surface area contributed by atoms with Gasteiger partial charge in [-0.15, -0.1) is 0 Å². The molecular formula is C16H23NO3. The summed E-state index contributed by atoms with van der Waals surface area (Å²) in [5.74, 6) is -0.402. The first-order chi connectivity index (χ1) is 9.30. The summed E-state index contributed by atoms with van der Waals surface area (Å²) in [4.78, 5) is 23.0. The first-order valence-corrected chi connectivity index (χ1v) is 6.80. The molecule has 1 N–H and O–H groups in total. The highest BCUT2D eigenvalue weighted by Gasteiger charge is 2.25. The number of esters is 1. The molecule has 110 valence electrons. The number of carbonyl (C=O) groups is 2. The molecule has 0 aliphatic heterocycles. The number of amides is 1. The van der Waals surface area contributed by atoms with Crippen molar-refractivity contribution in [2.75, 3.05) is 6.61 Å². The van der Waals surface area contributed by atoms with Gasteiger partial charge >= 0.3 is 5.97 Å². The monoisotopic (exact) mass is 277 g/mol. The van der Waals surface area contributed by atoms with Crippen LogP contribution in [0.1, 0.15) is 44.5 Å². The Kier molecular flexibility index (Phi) is 5.74. The van der Waals surface area contributed by atoms with E-state index in [1.807, 2.05) is 26.8 Å². The van der Waals surface area contributed by atoms with Crippen molar-refractivity contribution in [1.82, 2.24) is 5.32 Å². The van der Waals surface area contributed by atoms with Crippen LogP contribution in [-0.4, -0.2) is 24.5 Å². The van der Waals surface area contributed by atoms with Crippen molar-refractivity contribution >= 4 is 11.9 Å². The molecule has 0 fully saturated rings. The molecule has 0 aromatic heterocycles. The maximum atomic E-state index is 11.8. The minimum Gasteiger partial charge on any atom is -0.462 e. The summed E-state index contributed by atoms with van der Waals surface area (Å²) in [6.07, 6.45) is 0.599. The zero-order valence-corrected chi connectivity index (χ0v) is 12.6. The van der Waals surface area contributed by atoms with E-state index in [0.29, 0.717) is 12.0 Å². The Morgan fingerprint density at radius 3 is 2.30 bits per heavy atom. The molecule has 0 aliphatic carbocycles. The van der Waals surface area contributed by atoms with Gasteiger partial charge in [0, 0.05) is 19.4 Å². The number of benzene rings is 1. The van der Waals surface area contributed by atoms with Crippen LogP contribution in [0.4, 0.5) is 0 Å². The molecule has 1 aromatic carbocycles. The fraction of sp³-hybridized carbons (Fsp3) is 0.500. The van der Waals surface area contributed by atoms with Crippen LogP contribution in [0.25, 0.3) is 0 Å². The van der Waals surface area contributed by atoms with Crippen LogP contribution in [0.15, 0.2) is 30.3 Å². The molecular weight excluding hydrogens is 254 g/mol. The van der Waals surface area contributed by atoms with E-state index in [0.717, 1.165) is 0 Å². The third-order valence-corrected chi connectivity index (χ3v) is 3.07. The van der Waals surface area contributed by atoms with Crippen LogP contribution < -0.4 is 5.32 Å². The summed E-state index contributed by atoms with van der Waals surface area (Å²) in [6, 6.07) is 8.86. The van der Waals surface area contributed by atoms with E-state index in [2.05, 4.69) is 5.32 Å². The van der Waals surface area contributed by atoms with Gasteiger partial charge in [-0.3, -0.25) is 4.79 Å². The lowest BCUT2D eigenvalue weighted by Crippen LogP contribution is -2.43. The molecule has 1 rings (SSSR count). The van der Waals surface area contributed by atoms with Crippen molar-refractivity contribution in [1.29, 1.82) is 0 Å². The van der Waals surface area contributed by atoms with Gasteiger partial charge in [-0.25, -0.2) is 4.79 Å². The molecule has 0 bridgehead atoms. The third kappa shape index (κ3) is 5.43. The van der Waals surface area contributed by atoms with Gasteiger partial charge in [-0.05, 0) is 17.5 Å². The molecule has 0 spiro atoms. The highest BCUT2D eigenvalue weighted by atomic mass is 16.5. The van der Waals surface area contributed by atoms with Gasteiger partial charge in [-0.1, -0.05) is 39.0 Å². The van der Waals surface area contributed by atoms with Crippen molar-refractivity contribution in [3.63, 3.8) is 0 Å². The Morgan fingerprint density at radius 2 is 1.80 bits per heavy atom. The molecule has 1 atom stereocenters. The van der Waals surface area contributed by atoms with Gasteiger partial charge in [0.25, 0.3) is 0 Å². The molecule has 0 unspecified atom stereocenters. The molecule has 0 radical (unpaired) electrons. The largest absolute Gasteiger partial charge is 0.462 e. The van der Waals surface area contributed by atoms with E-state index in [4.69, 9.17) is 4.74 Å². The van der Waals surface area contributed by atoms with Crippen molar-refractivity contribution in [2.24, 2.45) is 5.41 Å². The van der Waals surface area contributed by atoms with E-state index in [-0.39, 0.29) is 29.9 Å². The fourth-order valence-corrected chi connectivity index (χ4v) is 1.89. The summed E-state index contributed by atoms with van der Waals surface area (Å²) in [6.45, 7) is 7.93. The van der Waals surface area contributed by atoms with Crippen molar-refractivity contribution < 1.29 is 14.3 Å². The van der Waals surface area contributed by atoms with E-state index in [9.17, 15) is 9.59 Å². The van der Waals surface area contributed by atoms with E-state index in [1.54, 1.807) is 24.3 Å². The van der Waals surface area contributed by atoms with E-state index in [1.165, 1.54) is 6.92 Å². The van der Waals surface area contributed by atoms with Crippen molar-refractivity contribution in [2.45, 2.75) is 40.2 Å². The summed E-state index contributed by atoms with van der Waals surface area (Å²) in [5.41, 5.74) is 0.463. The maximum absolute atomic E-state index is 11.8. The number of nitrogens with one attached hydrogen (secondary N) is 1. The lowest BCUT2D eigenvalue weighted by molar-refractivity contribution is -0.120. The highest BCUT2D eigenvalue weighted by molar-refractivity contribution is 5.89. The number of hydrogen-bond donors (Lipinski definition) is 1. The van der Waals surface area contributed by atoms with Gasteiger partial charge in [-0.2, -0.15) is 0 Å². The second-order valence-corrected chi connectivity index (χ2v) is 5.91. The second-order valence-electron chi connectivity index (χ2n) is 5.91. The van der Waals surface area contributed by atoms with Crippen molar-refractivity contribution in [3.8, 4) is 0 Å². The van der Waals surface area contributed by atoms with Gasteiger partial charge in [0.1, 0.15) is 0 Å².